The molecule has 0 N–H and O–H groups in total. The molecule has 0 atom stereocenters. The highest BCUT2D eigenvalue weighted by atomic mass is 16.5. The van der Waals surface area contributed by atoms with E-state index in [0.717, 1.165) is 45.4 Å². The van der Waals surface area contributed by atoms with E-state index >= 15 is 0 Å². The molecule has 2 aliphatic rings. The number of rotatable bonds is 4. The summed E-state index contributed by atoms with van der Waals surface area (Å²) in [4.78, 5) is 0. The standard InChI is InChI=1S/C54H32N2O2/c1-3-14-49-47(12-1)55-45-28-26-39(31-43(45)41-10-6-16-51(57-49)53(41)55)35-22-18-33(19-23-35)37-8-5-9-38(30-37)34-20-24-36(25-21-34)40-27-29-46-44(32-40)42-11-7-17-52-54(42)56(46)48-13-2-4-15-50(48)58-52/h1-32H. The molecule has 0 unspecified atom stereocenters. The predicted octanol–water partition coefficient (Wildman–Crippen LogP) is 14.8. The lowest BCUT2D eigenvalue weighted by Gasteiger charge is -2.20. The number of hydrogen-bond donors (Lipinski definition) is 0. The number of nitrogens with zero attached hydrogens (tertiary/aromatic N) is 2. The van der Waals surface area contributed by atoms with Crippen LogP contribution >= 0.6 is 0 Å². The molecular weight excluding hydrogens is 709 g/mol. The molecule has 0 spiro atoms. The number of para-hydroxylation sites is 6. The summed E-state index contributed by atoms with van der Waals surface area (Å²) in [5.74, 6) is 3.55. The van der Waals surface area contributed by atoms with Crippen LogP contribution in [0.25, 0.3) is 99.5 Å². The minimum Gasteiger partial charge on any atom is -0.453 e. The third kappa shape index (κ3) is 4.51. The molecule has 2 aliphatic heterocycles. The van der Waals surface area contributed by atoms with Crippen LogP contribution in [0.1, 0.15) is 0 Å². The molecule has 0 saturated carbocycles. The van der Waals surface area contributed by atoms with Crippen molar-refractivity contribution in [2.45, 2.75) is 0 Å². The Morgan fingerprint density at radius 2 is 0.621 bits per heavy atom. The molecule has 270 valence electrons. The molecule has 58 heavy (non-hydrogen) atoms. The quantitative estimate of drug-likeness (QED) is 0.180. The van der Waals surface area contributed by atoms with Gasteiger partial charge < -0.3 is 18.6 Å². The molecule has 2 aromatic heterocycles. The summed E-state index contributed by atoms with van der Waals surface area (Å²) in [7, 11) is 0. The molecule has 13 rings (SSSR count). The molecule has 0 radical (unpaired) electrons. The number of benzene rings is 9. The normalized spacial score (nSPS) is 12.4. The minimum absolute atomic E-state index is 0.881. The summed E-state index contributed by atoms with van der Waals surface area (Å²) in [5, 5.41) is 4.85. The van der Waals surface area contributed by atoms with E-state index in [9.17, 15) is 0 Å². The van der Waals surface area contributed by atoms with Crippen LogP contribution in [-0.4, -0.2) is 9.13 Å². The number of fused-ring (bicyclic) bond motifs is 10. The first kappa shape index (κ1) is 31.4. The Morgan fingerprint density at radius 3 is 1.07 bits per heavy atom. The van der Waals surface area contributed by atoms with Gasteiger partial charge in [-0.3, -0.25) is 0 Å². The maximum atomic E-state index is 6.33. The molecule has 0 fully saturated rings. The maximum Gasteiger partial charge on any atom is 0.152 e. The first-order valence-corrected chi connectivity index (χ1v) is 19.7. The van der Waals surface area contributed by atoms with Crippen molar-refractivity contribution in [2.75, 3.05) is 0 Å². The van der Waals surface area contributed by atoms with Crippen molar-refractivity contribution in [3.05, 3.63) is 194 Å². The van der Waals surface area contributed by atoms with Crippen molar-refractivity contribution in [1.29, 1.82) is 0 Å². The SMILES string of the molecule is c1cc(-c2ccc(-c3ccc4c(c3)c3cccc5c3n4-c3ccccc3O5)cc2)cc(-c2ccc(-c3ccc4c(c3)c3cccc5c3n4-c3ccccc3O5)cc2)c1. The highest BCUT2D eigenvalue weighted by molar-refractivity contribution is 6.14. The number of ether oxygens (including phenoxy) is 2. The van der Waals surface area contributed by atoms with Gasteiger partial charge in [-0.2, -0.15) is 0 Å². The Labute approximate surface area is 334 Å². The van der Waals surface area contributed by atoms with Crippen molar-refractivity contribution in [2.24, 2.45) is 0 Å². The third-order valence-electron chi connectivity index (χ3n) is 12.1. The van der Waals surface area contributed by atoms with E-state index in [1.54, 1.807) is 0 Å². The zero-order valence-electron chi connectivity index (χ0n) is 31.2. The van der Waals surface area contributed by atoms with Crippen molar-refractivity contribution >= 4 is 43.6 Å². The number of aromatic nitrogens is 2. The molecule has 4 heterocycles. The average molecular weight is 741 g/mol. The summed E-state index contributed by atoms with van der Waals surface area (Å²) in [5.41, 5.74) is 16.3. The van der Waals surface area contributed by atoms with E-state index in [1.807, 2.05) is 24.3 Å². The molecule has 0 bridgehead atoms. The van der Waals surface area contributed by atoms with Crippen LogP contribution in [0.15, 0.2) is 194 Å². The fourth-order valence-electron chi connectivity index (χ4n) is 9.38. The fraction of sp³-hybridized carbons (Fsp3) is 0. The Morgan fingerprint density at radius 1 is 0.259 bits per heavy atom. The topological polar surface area (TPSA) is 28.3 Å². The summed E-state index contributed by atoms with van der Waals surface area (Å²) in [6.45, 7) is 0. The van der Waals surface area contributed by atoms with Crippen molar-refractivity contribution < 1.29 is 9.47 Å². The monoisotopic (exact) mass is 740 g/mol. The van der Waals surface area contributed by atoms with E-state index in [4.69, 9.17) is 9.47 Å². The molecule has 4 nitrogen and oxygen atoms in total. The van der Waals surface area contributed by atoms with Crippen LogP contribution in [0.5, 0.6) is 23.0 Å². The van der Waals surface area contributed by atoms with Crippen LogP contribution in [0.4, 0.5) is 0 Å². The summed E-state index contributed by atoms with van der Waals surface area (Å²) < 4.78 is 17.3. The first-order valence-electron chi connectivity index (χ1n) is 19.7. The van der Waals surface area contributed by atoms with E-state index in [-0.39, 0.29) is 0 Å². The minimum atomic E-state index is 0.881. The van der Waals surface area contributed by atoms with Crippen molar-refractivity contribution in [1.82, 2.24) is 9.13 Å². The lowest BCUT2D eigenvalue weighted by Crippen LogP contribution is -2.03. The van der Waals surface area contributed by atoms with Gasteiger partial charge in [-0.05, 0) is 111 Å². The van der Waals surface area contributed by atoms with Gasteiger partial charge in [0.15, 0.2) is 23.0 Å². The predicted molar refractivity (Wildman–Crippen MR) is 237 cm³/mol. The zero-order chi connectivity index (χ0) is 37.9. The Bertz CT molecular complexity index is 3270. The van der Waals surface area contributed by atoms with Gasteiger partial charge in [0.25, 0.3) is 0 Å². The molecule has 9 aromatic carbocycles. The van der Waals surface area contributed by atoms with Gasteiger partial charge in [-0.15, -0.1) is 0 Å². The smallest absolute Gasteiger partial charge is 0.152 e. The second-order valence-electron chi connectivity index (χ2n) is 15.3. The van der Waals surface area contributed by atoms with Gasteiger partial charge in [0.1, 0.15) is 0 Å². The molecule has 4 heteroatoms. The summed E-state index contributed by atoms with van der Waals surface area (Å²) in [6, 6.07) is 69.6. The highest BCUT2D eigenvalue weighted by Crippen LogP contribution is 2.47. The molecule has 0 amide bonds. The summed E-state index contributed by atoms with van der Waals surface area (Å²) >= 11 is 0. The molecule has 11 aromatic rings. The number of hydrogen-bond acceptors (Lipinski definition) is 2. The molecule has 0 aliphatic carbocycles. The van der Waals surface area contributed by atoms with Crippen molar-refractivity contribution in [3.8, 4) is 78.9 Å². The summed E-state index contributed by atoms with van der Waals surface area (Å²) in [6.07, 6.45) is 0. The Kier molecular flexibility index (Phi) is 6.41. The van der Waals surface area contributed by atoms with Gasteiger partial charge in [-0.25, -0.2) is 0 Å². The second-order valence-corrected chi connectivity index (χ2v) is 15.3. The van der Waals surface area contributed by atoms with Crippen LogP contribution in [-0.2, 0) is 0 Å². The lowest BCUT2D eigenvalue weighted by molar-refractivity contribution is 0.476. The molecular formula is C54H32N2O2. The Balaban J connectivity index is 0.803. The third-order valence-corrected chi connectivity index (χ3v) is 12.1. The van der Waals surface area contributed by atoms with Gasteiger partial charge in [0.05, 0.1) is 33.4 Å². The lowest BCUT2D eigenvalue weighted by atomic mass is 9.95. The van der Waals surface area contributed by atoms with Gasteiger partial charge in [-0.1, -0.05) is 127 Å². The van der Waals surface area contributed by atoms with E-state index in [0.29, 0.717) is 0 Å². The second kappa shape index (κ2) is 11.8. The first-order chi connectivity index (χ1) is 28.7. The van der Waals surface area contributed by atoms with Gasteiger partial charge >= 0.3 is 0 Å². The van der Waals surface area contributed by atoms with E-state index < -0.39 is 0 Å². The van der Waals surface area contributed by atoms with Crippen LogP contribution < -0.4 is 9.47 Å². The van der Waals surface area contributed by atoms with E-state index in [2.05, 4.69) is 179 Å². The van der Waals surface area contributed by atoms with Crippen molar-refractivity contribution in [3.63, 3.8) is 0 Å². The average Bonchev–Trinajstić information content (AvgIpc) is 3.81. The highest BCUT2D eigenvalue weighted by Gasteiger charge is 2.25. The molecule has 0 saturated heterocycles. The van der Waals surface area contributed by atoms with E-state index in [1.165, 1.54) is 77.1 Å². The Hall–Kier alpha value is -7.82. The zero-order valence-corrected chi connectivity index (χ0v) is 31.2. The van der Waals surface area contributed by atoms with Crippen LogP contribution in [0.2, 0.25) is 0 Å². The van der Waals surface area contributed by atoms with Crippen LogP contribution in [0, 0.1) is 0 Å². The fourth-order valence-corrected chi connectivity index (χ4v) is 9.38. The van der Waals surface area contributed by atoms with Gasteiger partial charge in [0, 0.05) is 21.5 Å². The maximum absolute atomic E-state index is 6.33. The van der Waals surface area contributed by atoms with Crippen LogP contribution in [0.3, 0.4) is 0 Å². The van der Waals surface area contributed by atoms with Gasteiger partial charge in [0.2, 0.25) is 0 Å². The largest absolute Gasteiger partial charge is 0.453 e.